The number of aryl methyl sites for hydroxylation is 3. The molecule has 1 aromatic carbocycles. The smallest absolute Gasteiger partial charge is 0.241 e. The summed E-state index contributed by atoms with van der Waals surface area (Å²) in [6.07, 6.45) is 0. The van der Waals surface area contributed by atoms with Crippen molar-refractivity contribution in [1.29, 1.82) is 5.26 Å². The summed E-state index contributed by atoms with van der Waals surface area (Å²) < 4.78 is 0. The fraction of sp³-hybridized carbons (Fsp3) is 0.385. The third-order valence-corrected chi connectivity index (χ3v) is 2.51. The van der Waals surface area contributed by atoms with Crippen molar-refractivity contribution < 1.29 is 4.79 Å². The summed E-state index contributed by atoms with van der Waals surface area (Å²) in [4.78, 5) is 11.6. The van der Waals surface area contributed by atoms with E-state index in [9.17, 15) is 4.79 Å². The Balaban J connectivity index is 2.99. The van der Waals surface area contributed by atoms with E-state index in [0.29, 0.717) is 0 Å². The van der Waals surface area contributed by atoms with Crippen LogP contribution in [0.1, 0.15) is 23.6 Å². The molecule has 3 heteroatoms. The molecule has 1 unspecified atom stereocenters. The zero-order chi connectivity index (χ0) is 12.3. The minimum atomic E-state index is -0.625. The zero-order valence-electron chi connectivity index (χ0n) is 10.1. The Bertz CT molecular complexity index is 434. The van der Waals surface area contributed by atoms with Gasteiger partial charge in [-0.3, -0.25) is 4.79 Å². The Hall–Kier alpha value is -1.82. The standard InChI is InChI=1S/C13H16N2O/c1-8-5-9(2)12(10(3)6-8)15-13(16)11(4)7-14/h5-6,11H,1-4H3,(H,15,16). The molecule has 16 heavy (non-hydrogen) atoms. The lowest BCUT2D eigenvalue weighted by atomic mass is 10.0. The van der Waals surface area contributed by atoms with E-state index in [1.54, 1.807) is 6.92 Å². The first kappa shape index (κ1) is 12.3. The summed E-state index contributed by atoms with van der Waals surface area (Å²) in [7, 11) is 0. The number of amides is 1. The van der Waals surface area contributed by atoms with Crippen LogP contribution in [0.15, 0.2) is 12.1 Å². The van der Waals surface area contributed by atoms with Crippen molar-refractivity contribution >= 4 is 11.6 Å². The average molecular weight is 216 g/mol. The highest BCUT2D eigenvalue weighted by Gasteiger charge is 2.14. The monoisotopic (exact) mass is 216 g/mol. The van der Waals surface area contributed by atoms with Crippen molar-refractivity contribution in [2.75, 3.05) is 5.32 Å². The SMILES string of the molecule is Cc1cc(C)c(NC(=O)C(C)C#N)c(C)c1. The van der Waals surface area contributed by atoms with Crippen LogP contribution in [0.25, 0.3) is 0 Å². The molecule has 0 radical (unpaired) electrons. The lowest BCUT2D eigenvalue weighted by Crippen LogP contribution is -2.20. The minimum absolute atomic E-state index is 0.252. The average Bonchev–Trinajstić information content (AvgIpc) is 2.21. The Morgan fingerprint density at radius 3 is 2.25 bits per heavy atom. The Kier molecular flexibility index (Phi) is 3.68. The van der Waals surface area contributed by atoms with Crippen molar-refractivity contribution in [2.24, 2.45) is 5.92 Å². The molecule has 0 fully saturated rings. The van der Waals surface area contributed by atoms with Crippen molar-refractivity contribution in [3.05, 3.63) is 28.8 Å². The van der Waals surface area contributed by atoms with Crippen molar-refractivity contribution in [2.45, 2.75) is 27.7 Å². The maximum absolute atomic E-state index is 11.6. The van der Waals surface area contributed by atoms with Gasteiger partial charge < -0.3 is 5.32 Å². The van der Waals surface area contributed by atoms with Gasteiger partial charge in [0.1, 0.15) is 5.92 Å². The lowest BCUT2D eigenvalue weighted by molar-refractivity contribution is -0.117. The molecule has 1 N–H and O–H groups in total. The molecule has 0 bridgehead atoms. The number of nitrogens with zero attached hydrogens (tertiary/aromatic N) is 1. The highest BCUT2D eigenvalue weighted by Crippen LogP contribution is 2.22. The van der Waals surface area contributed by atoms with E-state index in [0.717, 1.165) is 16.8 Å². The quantitative estimate of drug-likeness (QED) is 0.826. The molecule has 0 saturated carbocycles. The number of hydrogen-bond donors (Lipinski definition) is 1. The van der Waals surface area contributed by atoms with Gasteiger partial charge in [0, 0.05) is 5.69 Å². The number of benzene rings is 1. The van der Waals surface area contributed by atoms with Gasteiger partial charge >= 0.3 is 0 Å². The maximum atomic E-state index is 11.6. The first-order valence-corrected chi connectivity index (χ1v) is 5.24. The molecular formula is C13H16N2O. The van der Waals surface area contributed by atoms with Crippen molar-refractivity contribution in [3.8, 4) is 6.07 Å². The summed E-state index contributed by atoms with van der Waals surface area (Å²) in [5.74, 6) is -0.877. The zero-order valence-corrected chi connectivity index (χ0v) is 10.1. The topological polar surface area (TPSA) is 52.9 Å². The van der Waals surface area contributed by atoms with Crippen LogP contribution in [0, 0.1) is 38.0 Å². The molecule has 0 saturated heterocycles. The third kappa shape index (κ3) is 2.60. The van der Waals surface area contributed by atoms with Crippen LogP contribution in [0.5, 0.6) is 0 Å². The van der Waals surface area contributed by atoms with Crippen LogP contribution >= 0.6 is 0 Å². The molecule has 0 spiro atoms. The van der Waals surface area contributed by atoms with E-state index in [1.165, 1.54) is 5.56 Å². The largest absolute Gasteiger partial charge is 0.324 e. The van der Waals surface area contributed by atoms with E-state index < -0.39 is 5.92 Å². The van der Waals surface area contributed by atoms with Gasteiger partial charge in [-0.15, -0.1) is 0 Å². The van der Waals surface area contributed by atoms with Crippen LogP contribution in [-0.4, -0.2) is 5.91 Å². The van der Waals surface area contributed by atoms with Crippen LogP contribution in [-0.2, 0) is 4.79 Å². The summed E-state index contributed by atoms with van der Waals surface area (Å²) >= 11 is 0. The van der Waals surface area contributed by atoms with Gasteiger partial charge in [0.25, 0.3) is 0 Å². The predicted octanol–water partition coefficient (Wildman–Crippen LogP) is 2.71. The maximum Gasteiger partial charge on any atom is 0.241 e. The molecule has 1 rings (SSSR count). The van der Waals surface area contributed by atoms with E-state index in [-0.39, 0.29) is 5.91 Å². The molecule has 1 aromatic rings. The molecule has 0 aromatic heterocycles. The first-order valence-electron chi connectivity index (χ1n) is 5.24. The number of nitrogens with one attached hydrogen (secondary N) is 1. The van der Waals surface area contributed by atoms with E-state index in [1.807, 2.05) is 39.0 Å². The Morgan fingerprint density at radius 2 is 1.81 bits per heavy atom. The fourth-order valence-corrected chi connectivity index (χ4v) is 1.67. The van der Waals surface area contributed by atoms with Crippen LogP contribution in [0.2, 0.25) is 0 Å². The number of anilines is 1. The van der Waals surface area contributed by atoms with Gasteiger partial charge in [0.15, 0.2) is 0 Å². The van der Waals surface area contributed by atoms with Crippen LogP contribution < -0.4 is 5.32 Å². The second-order valence-electron chi connectivity index (χ2n) is 4.11. The number of carbonyl (C=O) groups is 1. The summed E-state index contributed by atoms with van der Waals surface area (Å²) in [6.45, 7) is 7.51. The van der Waals surface area contributed by atoms with Gasteiger partial charge in [-0.2, -0.15) is 5.26 Å². The highest BCUT2D eigenvalue weighted by atomic mass is 16.1. The molecule has 3 nitrogen and oxygen atoms in total. The Morgan fingerprint density at radius 1 is 1.31 bits per heavy atom. The molecule has 0 heterocycles. The van der Waals surface area contributed by atoms with Gasteiger partial charge in [-0.1, -0.05) is 17.7 Å². The van der Waals surface area contributed by atoms with Crippen LogP contribution in [0.4, 0.5) is 5.69 Å². The molecular weight excluding hydrogens is 200 g/mol. The van der Waals surface area contributed by atoms with E-state index >= 15 is 0 Å². The van der Waals surface area contributed by atoms with Gasteiger partial charge in [0.2, 0.25) is 5.91 Å². The second kappa shape index (κ2) is 4.80. The summed E-state index contributed by atoms with van der Waals surface area (Å²) in [6, 6.07) is 5.95. The minimum Gasteiger partial charge on any atom is -0.324 e. The van der Waals surface area contributed by atoms with E-state index in [4.69, 9.17) is 5.26 Å². The molecule has 0 aliphatic rings. The van der Waals surface area contributed by atoms with Crippen LogP contribution in [0.3, 0.4) is 0 Å². The molecule has 1 atom stereocenters. The third-order valence-electron chi connectivity index (χ3n) is 2.51. The van der Waals surface area contributed by atoms with Gasteiger partial charge in [-0.25, -0.2) is 0 Å². The normalized spacial score (nSPS) is 11.7. The Labute approximate surface area is 96.1 Å². The number of hydrogen-bond acceptors (Lipinski definition) is 2. The summed E-state index contributed by atoms with van der Waals surface area (Å²) in [5.41, 5.74) is 4.03. The number of nitriles is 1. The molecule has 0 aliphatic heterocycles. The highest BCUT2D eigenvalue weighted by molar-refractivity contribution is 5.95. The second-order valence-corrected chi connectivity index (χ2v) is 4.11. The van der Waals surface area contributed by atoms with Gasteiger partial charge in [0.05, 0.1) is 6.07 Å². The summed E-state index contributed by atoms with van der Waals surface area (Å²) in [5, 5.41) is 11.5. The fourth-order valence-electron chi connectivity index (χ4n) is 1.67. The van der Waals surface area contributed by atoms with Crippen molar-refractivity contribution in [3.63, 3.8) is 0 Å². The molecule has 1 amide bonds. The predicted molar refractivity (Wildman–Crippen MR) is 64.1 cm³/mol. The van der Waals surface area contributed by atoms with Crippen molar-refractivity contribution in [1.82, 2.24) is 0 Å². The number of carbonyl (C=O) groups excluding carboxylic acids is 1. The first-order chi connectivity index (χ1) is 7.45. The lowest BCUT2D eigenvalue weighted by Gasteiger charge is -2.13. The molecule has 0 aliphatic carbocycles. The number of rotatable bonds is 2. The van der Waals surface area contributed by atoms with E-state index in [2.05, 4.69) is 5.32 Å². The molecule has 84 valence electrons. The van der Waals surface area contributed by atoms with Gasteiger partial charge in [-0.05, 0) is 38.8 Å².